The van der Waals surface area contributed by atoms with Gasteiger partial charge in [-0.2, -0.15) is 0 Å². The van der Waals surface area contributed by atoms with Crippen LogP contribution in [0.25, 0.3) is 33.6 Å². The van der Waals surface area contributed by atoms with Gasteiger partial charge >= 0.3 is 0 Å². The first-order valence-electron chi connectivity index (χ1n) is 7.09. The predicted octanol–water partition coefficient (Wildman–Crippen LogP) is 4.17. The molecule has 0 unspecified atom stereocenters. The van der Waals surface area contributed by atoms with Crippen molar-refractivity contribution in [3.8, 4) is 11.5 Å². The lowest BCUT2D eigenvalue weighted by molar-refractivity contribution is 0.620. The first-order chi connectivity index (χ1) is 10.3. The molecule has 0 spiro atoms. The summed E-state index contributed by atoms with van der Waals surface area (Å²) in [5, 5.41) is 0. The second kappa shape index (κ2) is 4.45. The van der Waals surface area contributed by atoms with Crippen molar-refractivity contribution >= 4 is 22.1 Å². The molecule has 2 heterocycles. The van der Waals surface area contributed by atoms with Gasteiger partial charge in [-0.3, -0.25) is 0 Å². The minimum absolute atomic E-state index is 0.641. The summed E-state index contributed by atoms with van der Waals surface area (Å²) in [6.07, 6.45) is 0. The summed E-state index contributed by atoms with van der Waals surface area (Å²) >= 11 is 0. The molecule has 0 fully saturated rings. The highest BCUT2D eigenvalue weighted by molar-refractivity contribution is 5.83. The summed E-state index contributed by atoms with van der Waals surface area (Å²) in [6.45, 7) is 5.08. The van der Waals surface area contributed by atoms with Crippen LogP contribution in [0.2, 0.25) is 0 Å². The molecule has 0 amide bonds. The summed E-state index contributed by atoms with van der Waals surface area (Å²) in [7, 11) is 0. The van der Waals surface area contributed by atoms with Gasteiger partial charge < -0.3 is 8.98 Å². The molecule has 21 heavy (non-hydrogen) atoms. The molecule has 0 aliphatic rings. The Labute approximate surface area is 122 Å². The van der Waals surface area contributed by atoms with Gasteiger partial charge in [0.25, 0.3) is 0 Å². The Morgan fingerprint density at radius 1 is 1.05 bits per heavy atom. The first-order valence-corrected chi connectivity index (χ1v) is 7.09. The minimum atomic E-state index is 0.641. The molecule has 4 aromatic rings. The highest BCUT2D eigenvalue weighted by Crippen LogP contribution is 2.27. The number of nitrogens with zero attached hydrogens (tertiary/aromatic N) is 3. The van der Waals surface area contributed by atoms with Crippen LogP contribution in [-0.2, 0) is 6.54 Å². The maximum Gasteiger partial charge on any atom is 0.227 e. The highest BCUT2D eigenvalue weighted by Gasteiger charge is 2.11. The fourth-order valence-corrected chi connectivity index (χ4v) is 2.78. The fraction of sp³-hybridized carbons (Fsp3) is 0.176. The van der Waals surface area contributed by atoms with Crippen LogP contribution in [0.3, 0.4) is 0 Å². The van der Waals surface area contributed by atoms with Crippen molar-refractivity contribution in [3.05, 3.63) is 48.3 Å². The maximum atomic E-state index is 5.82. The van der Waals surface area contributed by atoms with Crippen molar-refractivity contribution in [1.29, 1.82) is 0 Å². The average molecular weight is 277 g/mol. The molecule has 4 rings (SSSR count). The second-order valence-corrected chi connectivity index (χ2v) is 5.09. The van der Waals surface area contributed by atoms with Crippen LogP contribution >= 0.6 is 0 Å². The van der Waals surface area contributed by atoms with E-state index in [0.29, 0.717) is 5.89 Å². The molecule has 104 valence electrons. The Morgan fingerprint density at radius 2 is 1.90 bits per heavy atom. The zero-order valence-corrected chi connectivity index (χ0v) is 12.0. The lowest BCUT2D eigenvalue weighted by Gasteiger charge is -2.01. The number of para-hydroxylation sites is 2. The molecular weight excluding hydrogens is 262 g/mol. The van der Waals surface area contributed by atoms with E-state index in [-0.39, 0.29) is 0 Å². The molecule has 0 atom stereocenters. The predicted molar refractivity (Wildman–Crippen MR) is 83.1 cm³/mol. The Hall–Kier alpha value is -2.62. The van der Waals surface area contributed by atoms with Gasteiger partial charge in [0.15, 0.2) is 5.58 Å². The van der Waals surface area contributed by atoms with Crippen molar-refractivity contribution in [2.24, 2.45) is 0 Å². The van der Waals surface area contributed by atoms with Gasteiger partial charge in [-0.25, -0.2) is 9.97 Å². The van der Waals surface area contributed by atoms with Crippen LogP contribution in [0.15, 0.2) is 46.9 Å². The number of rotatable bonds is 2. The zero-order chi connectivity index (χ0) is 14.4. The number of aromatic nitrogens is 3. The molecule has 0 aliphatic heterocycles. The normalized spacial score (nSPS) is 11.5. The molecule has 0 saturated carbocycles. The van der Waals surface area contributed by atoms with E-state index in [1.165, 1.54) is 0 Å². The molecule has 0 bridgehead atoms. The van der Waals surface area contributed by atoms with Crippen molar-refractivity contribution in [3.63, 3.8) is 0 Å². The first kappa shape index (κ1) is 12.1. The third kappa shape index (κ3) is 1.83. The van der Waals surface area contributed by atoms with Gasteiger partial charge in [-0.05, 0) is 44.2 Å². The Bertz CT molecular complexity index is 916. The van der Waals surface area contributed by atoms with Crippen LogP contribution < -0.4 is 0 Å². The van der Waals surface area contributed by atoms with Crippen molar-refractivity contribution in [2.75, 3.05) is 0 Å². The molecule has 4 heteroatoms. The standard InChI is InChI=1S/C17H15N3O/c1-3-20-11(2)18-14-10-12(8-9-15(14)20)17-19-13-6-4-5-7-16(13)21-17/h4-10H,3H2,1-2H3. The molecule has 0 radical (unpaired) electrons. The van der Waals surface area contributed by atoms with Crippen molar-refractivity contribution in [2.45, 2.75) is 20.4 Å². The third-order valence-electron chi connectivity index (χ3n) is 3.80. The lowest BCUT2D eigenvalue weighted by atomic mass is 10.2. The summed E-state index contributed by atoms with van der Waals surface area (Å²) in [5.41, 5.74) is 4.77. The van der Waals surface area contributed by atoms with E-state index >= 15 is 0 Å². The number of imidazole rings is 1. The molecule has 2 aromatic heterocycles. The summed E-state index contributed by atoms with van der Waals surface area (Å²) in [4.78, 5) is 9.16. The smallest absolute Gasteiger partial charge is 0.227 e. The fourth-order valence-electron chi connectivity index (χ4n) is 2.78. The SMILES string of the molecule is CCn1c(C)nc2cc(-c3nc4ccccc4o3)ccc21. The highest BCUT2D eigenvalue weighted by atomic mass is 16.3. The number of oxazole rings is 1. The van der Waals surface area contributed by atoms with Gasteiger partial charge in [-0.15, -0.1) is 0 Å². The molecule has 0 aliphatic carbocycles. The van der Waals surface area contributed by atoms with E-state index in [4.69, 9.17) is 4.42 Å². The van der Waals surface area contributed by atoms with E-state index in [0.717, 1.165) is 40.1 Å². The second-order valence-electron chi connectivity index (χ2n) is 5.09. The number of benzene rings is 2. The molecule has 4 nitrogen and oxygen atoms in total. The van der Waals surface area contributed by atoms with Gasteiger partial charge in [0.05, 0.1) is 11.0 Å². The maximum absolute atomic E-state index is 5.82. The Kier molecular flexibility index (Phi) is 2.57. The number of aryl methyl sites for hydroxylation is 2. The largest absolute Gasteiger partial charge is 0.436 e. The van der Waals surface area contributed by atoms with E-state index in [1.54, 1.807) is 0 Å². The van der Waals surface area contributed by atoms with Crippen LogP contribution in [-0.4, -0.2) is 14.5 Å². The monoisotopic (exact) mass is 277 g/mol. The third-order valence-corrected chi connectivity index (χ3v) is 3.80. The van der Waals surface area contributed by atoms with Crippen LogP contribution in [0.1, 0.15) is 12.7 Å². The number of hydrogen-bond donors (Lipinski definition) is 0. The number of fused-ring (bicyclic) bond motifs is 2. The van der Waals surface area contributed by atoms with Crippen LogP contribution in [0.4, 0.5) is 0 Å². The van der Waals surface area contributed by atoms with E-state index in [9.17, 15) is 0 Å². The van der Waals surface area contributed by atoms with Crippen LogP contribution in [0, 0.1) is 6.92 Å². The molecule has 0 saturated heterocycles. The summed E-state index contributed by atoms with van der Waals surface area (Å²) < 4.78 is 8.02. The Morgan fingerprint density at radius 3 is 2.71 bits per heavy atom. The zero-order valence-electron chi connectivity index (χ0n) is 12.0. The number of hydrogen-bond acceptors (Lipinski definition) is 3. The average Bonchev–Trinajstić information content (AvgIpc) is 3.05. The van der Waals surface area contributed by atoms with E-state index < -0.39 is 0 Å². The molecule has 2 aromatic carbocycles. The van der Waals surface area contributed by atoms with Gasteiger partial charge in [-0.1, -0.05) is 12.1 Å². The quantitative estimate of drug-likeness (QED) is 0.552. The van der Waals surface area contributed by atoms with Crippen LogP contribution in [0.5, 0.6) is 0 Å². The Balaban J connectivity index is 1.90. The summed E-state index contributed by atoms with van der Waals surface area (Å²) in [6, 6.07) is 14.0. The topological polar surface area (TPSA) is 43.9 Å². The van der Waals surface area contributed by atoms with Crippen molar-refractivity contribution < 1.29 is 4.42 Å². The lowest BCUT2D eigenvalue weighted by Crippen LogP contribution is -1.95. The molecular formula is C17H15N3O. The van der Waals surface area contributed by atoms with Crippen molar-refractivity contribution in [1.82, 2.24) is 14.5 Å². The van der Waals surface area contributed by atoms with Gasteiger partial charge in [0.1, 0.15) is 11.3 Å². The van der Waals surface area contributed by atoms with Gasteiger partial charge in [0, 0.05) is 12.1 Å². The van der Waals surface area contributed by atoms with Gasteiger partial charge in [0.2, 0.25) is 5.89 Å². The van der Waals surface area contributed by atoms with E-state index in [1.807, 2.05) is 43.3 Å². The minimum Gasteiger partial charge on any atom is -0.436 e. The summed E-state index contributed by atoms with van der Waals surface area (Å²) in [5.74, 6) is 1.67. The molecule has 0 N–H and O–H groups in total. The van der Waals surface area contributed by atoms with E-state index in [2.05, 4.69) is 27.5 Å².